The molecule has 2 aromatic carbocycles. The number of ether oxygens (including phenoxy) is 1. The van der Waals surface area contributed by atoms with Gasteiger partial charge < -0.3 is 20.3 Å². The van der Waals surface area contributed by atoms with E-state index in [1.165, 1.54) is 24.3 Å². The number of hydrogen-bond acceptors (Lipinski definition) is 6. The lowest BCUT2D eigenvalue weighted by molar-refractivity contribution is 0.0684. The van der Waals surface area contributed by atoms with Gasteiger partial charge >= 0.3 is 6.09 Å². The number of carbonyl (C=O) groups excluding carboxylic acids is 1. The van der Waals surface area contributed by atoms with Crippen LogP contribution in [0.5, 0.6) is 0 Å². The maximum Gasteiger partial charge on any atom is 0.408 e. The van der Waals surface area contributed by atoms with E-state index in [4.69, 9.17) is 33.0 Å². The average Bonchev–Trinajstić information content (AvgIpc) is 3.11. The molecule has 1 aliphatic heterocycles. The molecule has 38 heavy (non-hydrogen) atoms. The van der Waals surface area contributed by atoms with Crippen molar-refractivity contribution in [3.05, 3.63) is 69.2 Å². The minimum absolute atomic E-state index is 0.00982. The van der Waals surface area contributed by atoms with E-state index in [-0.39, 0.29) is 39.6 Å². The molecule has 0 aliphatic carbocycles. The van der Waals surface area contributed by atoms with Crippen LogP contribution in [0.3, 0.4) is 0 Å². The smallest absolute Gasteiger partial charge is 0.408 e. The number of rotatable bonds is 8. The molecule has 206 valence electrons. The molecule has 11 heteroatoms. The van der Waals surface area contributed by atoms with Crippen molar-refractivity contribution < 1.29 is 28.5 Å². The molecular weight excluding hydrogens is 539 g/mol. The Hall–Kier alpha value is -2.48. The van der Waals surface area contributed by atoms with Crippen molar-refractivity contribution in [3.63, 3.8) is 0 Å². The standard InChI is InChI=1S/C27H31Cl2F2N3O4/c1-26(2,3)12-22-27(14-32,19-6-4-16(29)11-21(19)31)23(18-10-15(28)5-7-20(18)30)24(34-22)38-25(37)33-9-8-17(36)13-35/h4-7,10-11,17,22-24,34-36H,8-9,12-13H2,1-3H3,(H,33,37)/t17-,22-,23-,24+,27-/m0/s1. The van der Waals surface area contributed by atoms with E-state index in [0.29, 0.717) is 6.42 Å². The van der Waals surface area contributed by atoms with Gasteiger partial charge in [0.05, 0.1) is 24.7 Å². The average molecular weight is 570 g/mol. The Morgan fingerprint density at radius 2 is 1.87 bits per heavy atom. The molecule has 1 heterocycles. The lowest BCUT2D eigenvalue weighted by atomic mass is 9.63. The lowest BCUT2D eigenvalue weighted by Gasteiger charge is -2.37. The van der Waals surface area contributed by atoms with E-state index >= 15 is 8.78 Å². The van der Waals surface area contributed by atoms with E-state index < -0.39 is 54.0 Å². The van der Waals surface area contributed by atoms with Crippen molar-refractivity contribution in [1.82, 2.24) is 10.6 Å². The summed E-state index contributed by atoms with van der Waals surface area (Å²) < 4.78 is 36.6. The number of aliphatic hydroxyl groups is 2. The highest BCUT2D eigenvalue weighted by atomic mass is 35.5. The summed E-state index contributed by atoms with van der Waals surface area (Å²) in [6.07, 6.45) is -2.78. The number of aliphatic hydroxyl groups excluding tert-OH is 2. The number of halogens is 4. The Morgan fingerprint density at radius 1 is 1.21 bits per heavy atom. The van der Waals surface area contributed by atoms with Gasteiger partial charge in [0.2, 0.25) is 0 Å². The second-order valence-electron chi connectivity index (χ2n) is 10.6. The Balaban J connectivity index is 2.16. The molecule has 0 spiro atoms. The molecule has 1 fully saturated rings. The van der Waals surface area contributed by atoms with E-state index in [2.05, 4.69) is 16.7 Å². The van der Waals surface area contributed by atoms with Crippen LogP contribution in [0.15, 0.2) is 36.4 Å². The van der Waals surface area contributed by atoms with Gasteiger partial charge in [0.25, 0.3) is 0 Å². The molecule has 2 aromatic rings. The van der Waals surface area contributed by atoms with Crippen molar-refractivity contribution >= 4 is 29.3 Å². The fourth-order valence-electron chi connectivity index (χ4n) is 4.95. The van der Waals surface area contributed by atoms with Gasteiger partial charge in [-0.3, -0.25) is 5.32 Å². The van der Waals surface area contributed by atoms with E-state index in [1.807, 2.05) is 20.8 Å². The first-order chi connectivity index (χ1) is 17.8. The van der Waals surface area contributed by atoms with Crippen LogP contribution in [-0.2, 0) is 10.2 Å². The lowest BCUT2D eigenvalue weighted by Crippen LogP contribution is -2.44. The van der Waals surface area contributed by atoms with Gasteiger partial charge in [0.15, 0.2) is 6.23 Å². The SMILES string of the molecule is CC(C)(C)C[C@@H]1N[C@H](OC(=O)NCC[C@H](O)CO)[C@H](c2cc(Cl)ccc2F)[C@@]1(C#N)c1ccc(Cl)cc1F. The van der Waals surface area contributed by atoms with Gasteiger partial charge in [-0.1, -0.05) is 50.0 Å². The van der Waals surface area contributed by atoms with Gasteiger partial charge in [-0.25, -0.2) is 13.6 Å². The molecule has 5 atom stereocenters. The summed E-state index contributed by atoms with van der Waals surface area (Å²) >= 11 is 12.2. The molecule has 0 radical (unpaired) electrons. The second-order valence-corrected chi connectivity index (χ2v) is 11.5. The minimum atomic E-state index is -1.73. The van der Waals surface area contributed by atoms with Gasteiger partial charge in [-0.05, 0) is 54.2 Å². The van der Waals surface area contributed by atoms with Crippen LogP contribution in [0, 0.1) is 28.4 Å². The van der Waals surface area contributed by atoms with Gasteiger partial charge in [0, 0.05) is 28.2 Å². The van der Waals surface area contributed by atoms with Crippen molar-refractivity contribution in [3.8, 4) is 6.07 Å². The fraction of sp³-hybridized carbons (Fsp3) is 0.481. The Morgan fingerprint density at radius 3 is 2.47 bits per heavy atom. The summed E-state index contributed by atoms with van der Waals surface area (Å²) in [5, 5.41) is 35.2. The molecule has 4 N–H and O–H groups in total. The number of nitrogens with zero attached hydrogens (tertiary/aromatic N) is 1. The zero-order valence-electron chi connectivity index (χ0n) is 21.3. The van der Waals surface area contributed by atoms with Crippen LogP contribution in [0.1, 0.15) is 50.7 Å². The number of nitrogens with one attached hydrogen (secondary N) is 2. The number of carbonyl (C=O) groups is 1. The normalized spacial score (nSPS) is 24.1. The molecule has 0 bridgehead atoms. The first-order valence-corrected chi connectivity index (χ1v) is 12.9. The zero-order valence-corrected chi connectivity index (χ0v) is 22.8. The van der Waals surface area contributed by atoms with Crippen molar-refractivity contribution in [2.45, 2.75) is 63.3 Å². The highest BCUT2D eigenvalue weighted by Gasteiger charge is 2.60. The van der Waals surface area contributed by atoms with Crippen LogP contribution in [0.4, 0.5) is 13.6 Å². The van der Waals surface area contributed by atoms with Gasteiger partial charge in [0.1, 0.15) is 17.0 Å². The molecule has 1 saturated heterocycles. The molecular formula is C27H31Cl2F2N3O4. The first-order valence-electron chi connectivity index (χ1n) is 12.1. The summed E-state index contributed by atoms with van der Waals surface area (Å²) in [6.45, 7) is 5.35. The fourth-order valence-corrected chi connectivity index (χ4v) is 5.29. The maximum atomic E-state index is 15.5. The monoisotopic (exact) mass is 569 g/mol. The molecule has 0 aromatic heterocycles. The topological polar surface area (TPSA) is 115 Å². The quantitative estimate of drug-likeness (QED) is 0.355. The Bertz CT molecular complexity index is 1200. The van der Waals surface area contributed by atoms with Crippen molar-refractivity contribution in [2.75, 3.05) is 13.2 Å². The second kappa shape index (κ2) is 12.1. The van der Waals surface area contributed by atoms with Gasteiger partial charge in [-0.2, -0.15) is 5.26 Å². The number of benzene rings is 2. The summed E-state index contributed by atoms with van der Waals surface area (Å²) in [5.74, 6) is -2.66. The van der Waals surface area contributed by atoms with Crippen molar-refractivity contribution in [1.29, 1.82) is 5.26 Å². The predicted molar refractivity (Wildman–Crippen MR) is 140 cm³/mol. The summed E-state index contributed by atoms with van der Waals surface area (Å²) in [7, 11) is 0. The highest BCUT2D eigenvalue weighted by Crippen LogP contribution is 2.52. The third kappa shape index (κ3) is 6.56. The van der Waals surface area contributed by atoms with Crippen LogP contribution in [-0.4, -0.2) is 47.8 Å². The zero-order chi connectivity index (χ0) is 28.3. The first kappa shape index (κ1) is 30.1. The Kier molecular flexibility index (Phi) is 9.61. The Labute approximate surface area is 230 Å². The van der Waals surface area contributed by atoms with E-state index in [9.17, 15) is 15.2 Å². The van der Waals surface area contributed by atoms with E-state index in [0.717, 1.165) is 12.1 Å². The van der Waals surface area contributed by atoms with E-state index in [1.54, 1.807) is 0 Å². The largest absolute Gasteiger partial charge is 0.430 e. The third-order valence-electron chi connectivity index (χ3n) is 6.57. The third-order valence-corrected chi connectivity index (χ3v) is 7.04. The minimum Gasteiger partial charge on any atom is -0.430 e. The highest BCUT2D eigenvalue weighted by molar-refractivity contribution is 6.30. The van der Waals surface area contributed by atoms with Crippen LogP contribution in [0.2, 0.25) is 10.0 Å². The van der Waals surface area contributed by atoms with Crippen LogP contribution in [0.25, 0.3) is 0 Å². The van der Waals surface area contributed by atoms with Crippen LogP contribution >= 0.6 is 23.2 Å². The van der Waals surface area contributed by atoms with Gasteiger partial charge in [-0.15, -0.1) is 0 Å². The summed E-state index contributed by atoms with van der Waals surface area (Å²) in [6, 6.07) is 9.25. The summed E-state index contributed by atoms with van der Waals surface area (Å²) in [5.41, 5.74) is -2.14. The number of alkyl carbamates (subject to hydrolysis) is 1. The van der Waals surface area contributed by atoms with Crippen LogP contribution < -0.4 is 10.6 Å². The number of amides is 1. The molecule has 3 rings (SSSR count). The molecule has 0 saturated carbocycles. The molecule has 1 aliphatic rings. The molecule has 7 nitrogen and oxygen atoms in total. The number of hydrogen-bond donors (Lipinski definition) is 4. The maximum absolute atomic E-state index is 15.5. The number of nitriles is 1. The van der Waals surface area contributed by atoms with Crippen molar-refractivity contribution in [2.24, 2.45) is 5.41 Å². The molecule has 1 amide bonds. The predicted octanol–water partition coefficient (Wildman–Crippen LogP) is 5.02. The summed E-state index contributed by atoms with van der Waals surface area (Å²) in [4.78, 5) is 12.7. The molecule has 0 unspecified atom stereocenters.